The van der Waals surface area contributed by atoms with Gasteiger partial charge in [-0.15, -0.1) is 0 Å². The summed E-state index contributed by atoms with van der Waals surface area (Å²) in [5.74, 6) is 0. The minimum atomic E-state index is -4.44. The highest BCUT2D eigenvalue weighted by Gasteiger charge is 2.33. The molecule has 0 unspecified atom stereocenters. The van der Waals surface area contributed by atoms with Crippen LogP contribution in [0.15, 0.2) is 29.2 Å². The van der Waals surface area contributed by atoms with Gasteiger partial charge < -0.3 is 5.32 Å². The van der Waals surface area contributed by atoms with E-state index in [-0.39, 0.29) is 16.7 Å². The fraction of sp³-hybridized carbons (Fsp3) is 0.571. The number of piperazine rings is 1. The molecule has 0 amide bonds. The Morgan fingerprint density at radius 2 is 1.77 bits per heavy atom. The summed E-state index contributed by atoms with van der Waals surface area (Å²) in [7, 11) is 0. The van der Waals surface area contributed by atoms with E-state index >= 15 is 0 Å². The van der Waals surface area contributed by atoms with Gasteiger partial charge in [-0.05, 0) is 23.4 Å². The molecule has 0 radical (unpaired) electrons. The first-order chi connectivity index (χ1) is 10.4. The molecule has 22 heavy (non-hydrogen) atoms. The molecule has 2 nitrogen and oxygen atoms in total. The van der Waals surface area contributed by atoms with Gasteiger partial charge in [-0.1, -0.05) is 18.2 Å². The molecule has 0 saturated carbocycles. The smallest absolute Gasteiger partial charge is 0.314 e. The normalized spacial score (nSPS) is 18.6. The molecule has 1 N–H and O–H groups in total. The van der Waals surface area contributed by atoms with E-state index in [2.05, 4.69) is 5.32 Å². The lowest BCUT2D eigenvalue weighted by atomic mass is 10.0. The number of nitrogens with one attached hydrogen (secondary N) is 1. The Balaban J connectivity index is 2.29. The molecule has 124 valence electrons. The third kappa shape index (κ3) is 5.10. The van der Waals surface area contributed by atoms with Crippen molar-refractivity contribution in [2.24, 2.45) is 0 Å². The number of thioether (sulfide) groups is 1. The van der Waals surface area contributed by atoms with Crippen molar-refractivity contribution in [3.8, 4) is 0 Å². The maximum absolute atomic E-state index is 12.9. The van der Waals surface area contributed by atoms with E-state index < -0.39 is 24.4 Å². The second-order valence-electron chi connectivity index (χ2n) is 5.01. The highest BCUT2D eigenvalue weighted by Crippen LogP contribution is 2.42. The monoisotopic (exact) mass is 340 g/mol. The van der Waals surface area contributed by atoms with Gasteiger partial charge in [0.15, 0.2) is 0 Å². The Bertz CT molecular complexity index is 475. The summed E-state index contributed by atoms with van der Waals surface area (Å²) in [5, 5.41) is 3.11. The van der Waals surface area contributed by atoms with Crippen molar-refractivity contribution in [3.63, 3.8) is 0 Å². The molecule has 0 bridgehead atoms. The Morgan fingerprint density at radius 3 is 2.36 bits per heavy atom. The van der Waals surface area contributed by atoms with Gasteiger partial charge >= 0.3 is 5.51 Å². The van der Waals surface area contributed by atoms with Gasteiger partial charge in [-0.3, -0.25) is 4.90 Å². The predicted octanol–water partition coefficient (Wildman–Crippen LogP) is 3.90. The molecule has 1 fully saturated rings. The lowest BCUT2D eigenvalue weighted by molar-refractivity contribution is -0.0328. The number of hydrogen-bond acceptors (Lipinski definition) is 3. The third-order valence-corrected chi connectivity index (χ3v) is 4.32. The molecule has 1 aliphatic heterocycles. The second kappa shape index (κ2) is 7.61. The lowest BCUT2D eigenvalue weighted by Gasteiger charge is -2.36. The summed E-state index contributed by atoms with van der Waals surface area (Å²) in [5.41, 5.74) is -4.11. The Kier molecular flexibility index (Phi) is 6.05. The summed E-state index contributed by atoms with van der Waals surface area (Å²) >= 11 is -0.240. The van der Waals surface area contributed by atoms with Gasteiger partial charge in [0, 0.05) is 43.5 Å². The van der Waals surface area contributed by atoms with Crippen molar-refractivity contribution in [2.75, 3.05) is 26.2 Å². The molecule has 0 aromatic heterocycles. The van der Waals surface area contributed by atoms with E-state index in [1.165, 1.54) is 18.2 Å². The maximum atomic E-state index is 12.9. The van der Waals surface area contributed by atoms with Crippen molar-refractivity contribution in [2.45, 2.75) is 29.3 Å². The van der Waals surface area contributed by atoms with E-state index in [1.54, 1.807) is 6.07 Å². The molecule has 0 aliphatic carbocycles. The minimum Gasteiger partial charge on any atom is -0.314 e. The van der Waals surface area contributed by atoms with E-state index in [0.717, 1.165) is 0 Å². The summed E-state index contributed by atoms with van der Waals surface area (Å²) in [6.07, 6.45) is -3.03. The molecule has 1 aliphatic rings. The summed E-state index contributed by atoms with van der Waals surface area (Å²) in [4.78, 5) is 1.83. The molecule has 1 heterocycles. The van der Waals surface area contributed by atoms with Gasteiger partial charge in [0.1, 0.15) is 0 Å². The SMILES string of the molecule is FC(F)C[C@@H](c1ccccc1SC(F)(F)F)N1CCNCC1. The van der Waals surface area contributed by atoms with Crippen molar-refractivity contribution in [1.29, 1.82) is 0 Å². The van der Waals surface area contributed by atoms with Crippen LogP contribution in [-0.4, -0.2) is 43.0 Å². The zero-order valence-corrected chi connectivity index (χ0v) is 12.6. The number of rotatable bonds is 5. The quantitative estimate of drug-likeness (QED) is 0.646. The largest absolute Gasteiger partial charge is 0.446 e. The van der Waals surface area contributed by atoms with Crippen LogP contribution in [0.5, 0.6) is 0 Å². The van der Waals surface area contributed by atoms with Crippen molar-refractivity contribution in [1.82, 2.24) is 10.2 Å². The molecule has 0 spiro atoms. The highest BCUT2D eigenvalue weighted by molar-refractivity contribution is 8.00. The third-order valence-electron chi connectivity index (χ3n) is 3.50. The predicted molar refractivity (Wildman–Crippen MR) is 76.2 cm³/mol. The van der Waals surface area contributed by atoms with Crippen LogP contribution in [-0.2, 0) is 0 Å². The molecular weight excluding hydrogens is 323 g/mol. The van der Waals surface area contributed by atoms with E-state index in [4.69, 9.17) is 0 Å². The Labute approximate surface area is 130 Å². The average molecular weight is 340 g/mol. The van der Waals surface area contributed by atoms with Crippen molar-refractivity contribution >= 4 is 11.8 Å². The molecule has 2 rings (SSSR count). The molecule has 1 atom stereocenters. The van der Waals surface area contributed by atoms with E-state index in [9.17, 15) is 22.0 Å². The number of halogens is 5. The Morgan fingerprint density at radius 1 is 1.14 bits per heavy atom. The maximum Gasteiger partial charge on any atom is 0.446 e. The number of benzene rings is 1. The second-order valence-corrected chi connectivity index (χ2v) is 6.12. The first-order valence-electron chi connectivity index (χ1n) is 6.94. The van der Waals surface area contributed by atoms with Crippen LogP contribution in [0, 0.1) is 0 Å². The van der Waals surface area contributed by atoms with Crippen LogP contribution in [0.2, 0.25) is 0 Å². The topological polar surface area (TPSA) is 15.3 Å². The van der Waals surface area contributed by atoms with Crippen LogP contribution >= 0.6 is 11.8 Å². The Hall–Kier alpha value is -0.860. The summed E-state index contributed by atoms with van der Waals surface area (Å²) in [6.45, 7) is 2.38. The van der Waals surface area contributed by atoms with Crippen LogP contribution in [0.1, 0.15) is 18.0 Å². The number of nitrogens with zero attached hydrogens (tertiary/aromatic N) is 1. The molecule has 1 aromatic carbocycles. The van der Waals surface area contributed by atoms with Gasteiger partial charge in [-0.2, -0.15) is 13.2 Å². The van der Waals surface area contributed by atoms with Crippen molar-refractivity contribution in [3.05, 3.63) is 29.8 Å². The van der Waals surface area contributed by atoms with Crippen LogP contribution in [0.3, 0.4) is 0 Å². The van der Waals surface area contributed by atoms with Gasteiger partial charge in [-0.25, -0.2) is 8.78 Å². The molecular formula is C14H17F5N2S. The number of hydrogen-bond donors (Lipinski definition) is 1. The van der Waals surface area contributed by atoms with Gasteiger partial charge in [0.2, 0.25) is 6.43 Å². The van der Waals surface area contributed by atoms with Crippen LogP contribution < -0.4 is 5.32 Å². The number of alkyl halides is 5. The van der Waals surface area contributed by atoms with E-state index in [0.29, 0.717) is 31.7 Å². The fourth-order valence-corrected chi connectivity index (χ4v) is 3.33. The molecule has 1 saturated heterocycles. The standard InChI is InChI=1S/C14H17F5N2S/c15-13(16)9-11(21-7-5-20-6-8-21)10-3-1-2-4-12(10)22-14(17,18)19/h1-4,11,13,20H,5-9H2/t11-/m0/s1. The fourth-order valence-electron chi connectivity index (χ4n) is 2.61. The van der Waals surface area contributed by atoms with Crippen LogP contribution in [0.25, 0.3) is 0 Å². The summed E-state index contributed by atoms with van der Waals surface area (Å²) < 4.78 is 63.9. The first kappa shape index (κ1) is 17.5. The average Bonchev–Trinajstić information content (AvgIpc) is 2.45. The zero-order chi connectivity index (χ0) is 16.2. The highest BCUT2D eigenvalue weighted by atomic mass is 32.2. The van der Waals surface area contributed by atoms with Gasteiger partial charge in [0.05, 0.1) is 0 Å². The molecule has 8 heteroatoms. The van der Waals surface area contributed by atoms with E-state index in [1.807, 2.05) is 4.90 Å². The summed E-state index contributed by atoms with van der Waals surface area (Å²) in [6, 6.07) is 5.25. The van der Waals surface area contributed by atoms with Gasteiger partial charge in [0.25, 0.3) is 0 Å². The minimum absolute atomic E-state index is 0.000757. The molecule has 1 aromatic rings. The van der Waals surface area contributed by atoms with Crippen LogP contribution in [0.4, 0.5) is 22.0 Å². The zero-order valence-electron chi connectivity index (χ0n) is 11.7. The lowest BCUT2D eigenvalue weighted by Crippen LogP contribution is -2.45. The van der Waals surface area contributed by atoms with Crippen molar-refractivity contribution < 1.29 is 22.0 Å². The first-order valence-corrected chi connectivity index (χ1v) is 7.76.